The minimum Gasteiger partial charge on any atom is -0.496 e. The molecule has 6 heterocycles. The molecule has 11 atom stereocenters. The highest BCUT2D eigenvalue weighted by Gasteiger charge is 2.78. The van der Waals surface area contributed by atoms with Crippen LogP contribution >= 0.6 is 0 Å². The lowest BCUT2D eigenvalue weighted by molar-refractivity contribution is -0.203. The summed E-state index contributed by atoms with van der Waals surface area (Å²) in [5.41, 5.74) is -1.61. The van der Waals surface area contributed by atoms with Crippen molar-refractivity contribution in [3.8, 4) is 5.75 Å². The third kappa shape index (κ3) is 5.37. The number of carbonyl (C=O) groups excluding carboxylic acids is 2. The number of H-pyrrole nitrogens is 1. The Balaban J connectivity index is 1.34. The van der Waals surface area contributed by atoms with Gasteiger partial charge in [0.25, 0.3) is 5.91 Å². The molecule has 2 bridgehead atoms. The molecule has 1 amide bonds. The highest BCUT2D eigenvalue weighted by atomic mass is 16.5. The monoisotopic (exact) mass is 811 g/mol. The normalized spacial score (nSPS) is 37.7. The molecule has 318 valence electrons. The van der Waals surface area contributed by atoms with Crippen LogP contribution in [-0.4, -0.2) is 143 Å². The molecule has 13 nitrogen and oxygen atoms in total. The molecule has 6 unspecified atom stereocenters. The van der Waals surface area contributed by atoms with Crippen molar-refractivity contribution in [1.82, 2.24) is 20.1 Å². The molecule has 3 fully saturated rings. The number of benzene rings is 2. The van der Waals surface area contributed by atoms with Gasteiger partial charge in [-0.1, -0.05) is 44.2 Å². The summed E-state index contributed by atoms with van der Waals surface area (Å²) in [5.74, 6) is -0.808. The van der Waals surface area contributed by atoms with Crippen LogP contribution in [0.2, 0.25) is 0 Å². The third-order valence-electron chi connectivity index (χ3n) is 15.8. The third-order valence-corrected chi connectivity index (χ3v) is 15.8. The number of aromatic nitrogens is 1. The number of aliphatic hydroxyl groups is 4. The van der Waals surface area contributed by atoms with Crippen LogP contribution in [0.5, 0.6) is 5.75 Å². The second kappa shape index (κ2) is 14.0. The Morgan fingerprint density at radius 2 is 1.83 bits per heavy atom. The molecular weight excluding hydrogens is 751 g/mol. The van der Waals surface area contributed by atoms with E-state index in [2.05, 4.69) is 32.2 Å². The molecule has 1 saturated carbocycles. The van der Waals surface area contributed by atoms with Gasteiger partial charge in [-0.15, -0.1) is 0 Å². The number of nitrogens with zero attached hydrogens (tertiary/aromatic N) is 3. The van der Waals surface area contributed by atoms with E-state index in [1.807, 2.05) is 62.2 Å². The zero-order chi connectivity index (χ0) is 41.9. The summed E-state index contributed by atoms with van der Waals surface area (Å²) in [5, 5.41) is 51.9. The molecule has 2 saturated heterocycles. The summed E-state index contributed by atoms with van der Waals surface area (Å²) in [4.78, 5) is 40.3. The van der Waals surface area contributed by atoms with Crippen LogP contribution in [0.4, 0.5) is 5.69 Å². The van der Waals surface area contributed by atoms with Crippen LogP contribution in [-0.2, 0) is 31.6 Å². The number of amides is 1. The van der Waals surface area contributed by atoms with Gasteiger partial charge < -0.3 is 45.1 Å². The predicted octanol–water partition coefficient (Wildman–Crippen LogP) is 2.74. The predicted molar refractivity (Wildman–Crippen MR) is 224 cm³/mol. The number of esters is 1. The molecule has 2 aromatic carbocycles. The van der Waals surface area contributed by atoms with Crippen molar-refractivity contribution in [2.24, 2.45) is 11.3 Å². The lowest BCUT2D eigenvalue weighted by atomic mass is 9.47. The van der Waals surface area contributed by atoms with E-state index in [0.717, 1.165) is 33.4 Å². The molecule has 59 heavy (non-hydrogen) atoms. The van der Waals surface area contributed by atoms with E-state index in [0.29, 0.717) is 82.6 Å². The number of hydrogen-bond acceptors (Lipinski definition) is 11. The van der Waals surface area contributed by atoms with E-state index < -0.39 is 57.6 Å². The number of carbonyl (C=O) groups is 2. The molecule has 0 radical (unpaired) electrons. The van der Waals surface area contributed by atoms with E-state index >= 15 is 4.79 Å². The fraction of sp³-hybridized carbons (Fsp3) is 0.609. The summed E-state index contributed by atoms with van der Waals surface area (Å²) in [6.07, 6.45) is 4.83. The maximum Gasteiger partial charge on any atom is 0.322 e. The fourth-order valence-corrected chi connectivity index (χ4v) is 13.4. The number of rotatable bonds is 8. The Kier molecular flexibility index (Phi) is 9.62. The largest absolute Gasteiger partial charge is 0.496 e. The van der Waals surface area contributed by atoms with Crippen molar-refractivity contribution >= 4 is 28.5 Å². The Morgan fingerprint density at radius 1 is 1.05 bits per heavy atom. The number of hydrogen-bond donors (Lipinski definition) is 6. The van der Waals surface area contributed by atoms with Crippen LogP contribution in [0.25, 0.3) is 10.9 Å². The molecule has 6 N–H and O–H groups in total. The average molecular weight is 812 g/mol. The van der Waals surface area contributed by atoms with Gasteiger partial charge in [0.05, 0.1) is 32.0 Å². The Labute approximate surface area is 346 Å². The smallest absolute Gasteiger partial charge is 0.322 e. The van der Waals surface area contributed by atoms with E-state index in [-0.39, 0.29) is 18.5 Å². The number of anilines is 1. The van der Waals surface area contributed by atoms with Crippen LogP contribution < -0.4 is 15.0 Å². The first-order chi connectivity index (χ1) is 28.2. The van der Waals surface area contributed by atoms with Crippen molar-refractivity contribution in [2.45, 2.75) is 106 Å². The molecule has 1 aliphatic carbocycles. The van der Waals surface area contributed by atoms with E-state index in [4.69, 9.17) is 9.47 Å². The maximum absolute atomic E-state index is 15.3. The average Bonchev–Trinajstić information content (AvgIpc) is 3.89. The van der Waals surface area contributed by atoms with E-state index in [9.17, 15) is 25.2 Å². The van der Waals surface area contributed by atoms with Crippen LogP contribution in [0.1, 0.15) is 75.3 Å². The first-order valence-electron chi connectivity index (χ1n) is 21.6. The Morgan fingerprint density at radius 3 is 2.54 bits per heavy atom. The molecule has 9 rings (SSSR count). The minimum atomic E-state index is -2.31. The standard InChI is InChI=1S/C46H61N5O8/c1-7-42(56)22-28-23-45(41(55)59-6,36-30(14-18-50(25-28)26-42)29-12-9-10-13-33(29)48-36)32-20-31-34(21-35(32)58-5)49(4)38-44(31)16-19-51-17-11-15-43(8-2,37(44)51)39(53)46(38,57)40(54)47-24-27(3)52/h9-13,15,20-21,27-28,37-39,48,52-53,56-57H,7-8,14,16-19,22-26H2,1-6H3,(H,47,54)/t27-,28?,37?,38?,39-,42?,43-,44?,45+,46+/m1/s1. The quantitative estimate of drug-likeness (QED) is 0.146. The van der Waals surface area contributed by atoms with Crippen molar-refractivity contribution in [2.75, 3.05) is 65.4 Å². The van der Waals surface area contributed by atoms with E-state index in [1.165, 1.54) is 7.11 Å². The highest BCUT2D eigenvalue weighted by molar-refractivity contribution is 5.95. The van der Waals surface area contributed by atoms with Gasteiger partial charge in [-0.3, -0.25) is 19.4 Å². The number of aromatic amines is 1. The van der Waals surface area contributed by atoms with Gasteiger partial charge in [0, 0.05) is 90.6 Å². The molecular formula is C46H61N5O8. The van der Waals surface area contributed by atoms with Crippen LogP contribution in [0.3, 0.4) is 0 Å². The molecule has 13 heteroatoms. The van der Waals surface area contributed by atoms with Crippen molar-refractivity contribution in [1.29, 1.82) is 0 Å². The topological polar surface area (TPSA) is 171 Å². The zero-order valence-corrected chi connectivity index (χ0v) is 35.3. The number of fused-ring (bicyclic) bond motifs is 6. The Hall–Kier alpha value is -3.98. The number of aliphatic hydroxyl groups excluding tert-OH is 2. The molecule has 5 aliphatic heterocycles. The second-order valence-corrected chi connectivity index (χ2v) is 18.7. The van der Waals surface area contributed by atoms with Crippen LogP contribution in [0.15, 0.2) is 48.6 Å². The zero-order valence-electron chi connectivity index (χ0n) is 35.3. The summed E-state index contributed by atoms with van der Waals surface area (Å²) >= 11 is 0. The summed E-state index contributed by atoms with van der Waals surface area (Å²) in [7, 11) is 4.90. The number of methoxy groups -OCH3 is 2. The van der Waals surface area contributed by atoms with Crippen molar-refractivity contribution < 1.29 is 39.5 Å². The summed E-state index contributed by atoms with van der Waals surface area (Å²) in [6, 6.07) is 11.0. The lowest BCUT2D eigenvalue weighted by Gasteiger charge is -2.63. The SMILES string of the molecule is CCC1(O)CC2CN(CCc3c([nH]c4ccccc34)[C@@](C(=O)OC)(c3cc4c(cc3OC)N(C)C3C45CCN4CC=C[C@](CC)(C45)[C@@H](O)[C@]3(O)C(=O)NC[C@@H](C)O)C2)C1. The Bertz CT molecular complexity index is 2210. The minimum absolute atomic E-state index is 0.0903. The van der Waals surface area contributed by atoms with Gasteiger partial charge in [0.2, 0.25) is 0 Å². The molecule has 3 aromatic rings. The highest BCUT2D eigenvalue weighted by Crippen LogP contribution is 2.67. The number of likely N-dealkylation sites (N-methyl/N-ethyl adjacent to an activating group) is 1. The van der Waals surface area contributed by atoms with Crippen molar-refractivity contribution in [3.63, 3.8) is 0 Å². The number of nitrogens with one attached hydrogen (secondary N) is 2. The number of para-hydroxylation sites is 1. The summed E-state index contributed by atoms with van der Waals surface area (Å²) < 4.78 is 12.3. The lowest BCUT2D eigenvalue weighted by Crippen LogP contribution is -2.81. The second-order valence-electron chi connectivity index (χ2n) is 18.7. The fourth-order valence-electron chi connectivity index (χ4n) is 13.4. The van der Waals surface area contributed by atoms with Gasteiger partial charge in [0.1, 0.15) is 17.3 Å². The first kappa shape index (κ1) is 40.4. The first-order valence-corrected chi connectivity index (χ1v) is 21.6. The van der Waals surface area contributed by atoms with E-state index in [1.54, 1.807) is 14.0 Å². The van der Waals surface area contributed by atoms with Gasteiger partial charge in [0.15, 0.2) is 5.60 Å². The van der Waals surface area contributed by atoms with Crippen molar-refractivity contribution in [3.05, 3.63) is 70.9 Å². The summed E-state index contributed by atoms with van der Waals surface area (Å²) in [6.45, 7) is 8.81. The number of ether oxygens (including phenoxy) is 2. The van der Waals surface area contributed by atoms with Gasteiger partial charge in [-0.05, 0) is 81.2 Å². The maximum atomic E-state index is 15.3. The van der Waals surface area contributed by atoms with Gasteiger partial charge >= 0.3 is 5.97 Å². The molecule has 6 aliphatic rings. The van der Waals surface area contributed by atoms with Gasteiger partial charge in [-0.2, -0.15) is 0 Å². The molecule has 1 aromatic heterocycles. The number of piperidine rings is 1. The molecule has 1 spiro atoms. The van der Waals surface area contributed by atoms with Gasteiger partial charge in [-0.25, -0.2) is 0 Å². The van der Waals surface area contributed by atoms with Crippen LogP contribution in [0, 0.1) is 11.3 Å².